The van der Waals surface area contributed by atoms with Crippen molar-refractivity contribution in [1.82, 2.24) is 9.97 Å². The van der Waals surface area contributed by atoms with Gasteiger partial charge < -0.3 is 11.1 Å². The number of nitrogens with zero attached hydrogens (tertiary/aromatic N) is 2. The molecule has 0 spiro atoms. The van der Waals surface area contributed by atoms with Crippen LogP contribution in [0.3, 0.4) is 0 Å². The van der Waals surface area contributed by atoms with E-state index in [1.807, 2.05) is 6.92 Å². The van der Waals surface area contributed by atoms with Gasteiger partial charge in [-0.05, 0) is 19.8 Å². The van der Waals surface area contributed by atoms with E-state index in [0.29, 0.717) is 11.9 Å². The van der Waals surface area contributed by atoms with Gasteiger partial charge in [0.15, 0.2) is 0 Å². The van der Waals surface area contributed by atoms with Gasteiger partial charge in [0.25, 0.3) is 0 Å². The fourth-order valence-electron chi connectivity index (χ4n) is 2.63. The highest BCUT2D eigenvalue weighted by Crippen LogP contribution is 2.27. The van der Waals surface area contributed by atoms with Crippen LogP contribution in [0.5, 0.6) is 0 Å². The number of nitrogen functional groups attached to an aromatic ring is 1. The quantitative estimate of drug-likeness (QED) is 0.806. The van der Waals surface area contributed by atoms with Gasteiger partial charge in [-0.25, -0.2) is 9.97 Å². The van der Waals surface area contributed by atoms with Gasteiger partial charge in [-0.15, -0.1) is 0 Å². The van der Waals surface area contributed by atoms with Gasteiger partial charge in [-0.1, -0.05) is 46.5 Å². The Bertz CT molecular complexity index is 454. The van der Waals surface area contributed by atoms with Crippen LogP contribution >= 0.6 is 0 Å². The fraction of sp³-hybridized carbons (Fsp3) is 0.750. The van der Waals surface area contributed by atoms with Gasteiger partial charge in [0.2, 0.25) is 0 Å². The van der Waals surface area contributed by atoms with Gasteiger partial charge in [-0.3, -0.25) is 0 Å². The molecule has 1 aromatic heterocycles. The number of hydrogen-bond acceptors (Lipinski definition) is 4. The topological polar surface area (TPSA) is 63.8 Å². The number of hydrogen-bond donors (Lipinski definition) is 2. The molecule has 112 valence electrons. The first kappa shape index (κ1) is 15.1. The van der Waals surface area contributed by atoms with Crippen LogP contribution in [0.1, 0.15) is 70.7 Å². The zero-order chi connectivity index (χ0) is 14.8. The summed E-state index contributed by atoms with van der Waals surface area (Å²) in [5.41, 5.74) is 6.96. The van der Waals surface area contributed by atoms with Gasteiger partial charge in [0, 0.05) is 17.0 Å². The zero-order valence-electron chi connectivity index (χ0n) is 13.3. The predicted octanol–water partition coefficient (Wildman–Crippen LogP) is 3.80. The van der Waals surface area contributed by atoms with Crippen molar-refractivity contribution >= 4 is 11.6 Å². The smallest absolute Gasteiger partial charge is 0.138 e. The van der Waals surface area contributed by atoms with Crippen LogP contribution in [0.15, 0.2) is 0 Å². The summed E-state index contributed by atoms with van der Waals surface area (Å²) in [4.78, 5) is 9.17. The van der Waals surface area contributed by atoms with Crippen molar-refractivity contribution in [2.45, 2.75) is 77.7 Å². The maximum absolute atomic E-state index is 6.06. The molecule has 2 rings (SSSR count). The predicted molar refractivity (Wildman–Crippen MR) is 85.0 cm³/mol. The molecule has 4 heteroatoms. The number of nitrogens with two attached hydrogens (primary N) is 1. The van der Waals surface area contributed by atoms with E-state index in [9.17, 15) is 0 Å². The fourth-order valence-corrected chi connectivity index (χ4v) is 2.63. The summed E-state index contributed by atoms with van der Waals surface area (Å²) in [6, 6.07) is 0.526. The van der Waals surface area contributed by atoms with Gasteiger partial charge >= 0.3 is 0 Å². The largest absolute Gasteiger partial charge is 0.383 e. The number of rotatable bonds is 2. The third kappa shape index (κ3) is 3.62. The Hall–Kier alpha value is -1.32. The number of aromatic nitrogens is 2. The molecule has 0 aliphatic heterocycles. The number of anilines is 2. The van der Waals surface area contributed by atoms with Crippen LogP contribution in [-0.4, -0.2) is 16.0 Å². The zero-order valence-corrected chi connectivity index (χ0v) is 13.3. The molecular weight excluding hydrogens is 248 g/mol. The second-order valence-electron chi connectivity index (χ2n) is 6.99. The molecule has 1 aliphatic carbocycles. The van der Waals surface area contributed by atoms with Gasteiger partial charge in [0.05, 0.1) is 0 Å². The molecule has 0 atom stereocenters. The summed E-state index contributed by atoms with van der Waals surface area (Å²) in [6.45, 7) is 8.35. The van der Waals surface area contributed by atoms with Crippen molar-refractivity contribution in [1.29, 1.82) is 0 Å². The van der Waals surface area contributed by atoms with E-state index in [4.69, 9.17) is 10.7 Å². The normalized spacial score (nSPS) is 17.8. The van der Waals surface area contributed by atoms with E-state index in [-0.39, 0.29) is 5.41 Å². The SMILES string of the molecule is Cc1c(N)nc(C(C)(C)C)nc1NC1CCCCCC1. The molecule has 4 nitrogen and oxygen atoms in total. The van der Waals surface area contributed by atoms with Crippen molar-refractivity contribution in [2.75, 3.05) is 11.1 Å². The van der Waals surface area contributed by atoms with Crippen LogP contribution < -0.4 is 11.1 Å². The lowest BCUT2D eigenvalue weighted by atomic mass is 9.95. The van der Waals surface area contributed by atoms with E-state index in [2.05, 4.69) is 31.1 Å². The molecule has 0 aromatic carbocycles. The van der Waals surface area contributed by atoms with Crippen molar-refractivity contribution in [3.63, 3.8) is 0 Å². The summed E-state index contributed by atoms with van der Waals surface area (Å²) < 4.78 is 0. The summed E-state index contributed by atoms with van der Waals surface area (Å²) in [5, 5.41) is 3.61. The standard InChI is InChI=1S/C16H28N4/c1-11-13(17)19-15(16(2,3)4)20-14(11)18-12-9-7-5-6-8-10-12/h12H,5-10H2,1-4H3,(H3,17,18,19,20). The minimum Gasteiger partial charge on any atom is -0.383 e. The average molecular weight is 276 g/mol. The summed E-state index contributed by atoms with van der Waals surface area (Å²) in [7, 11) is 0. The summed E-state index contributed by atoms with van der Waals surface area (Å²) in [5.74, 6) is 2.34. The molecule has 1 fully saturated rings. The van der Waals surface area contributed by atoms with Crippen LogP contribution in [0.4, 0.5) is 11.6 Å². The molecule has 0 amide bonds. The van der Waals surface area contributed by atoms with Crippen LogP contribution in [-0.2, 0) is 5.41 Å². The summed E-state index contributed by atoms with van der Waals surface area (Å²) in [6.07, 6.45) is 7.79. The van der Waals surface area contributed by atoms with Crippen LogP contribution in [0.25, 0.3) is 0 Å². The first-order chi connectivity index (χ1) is 9.38. The Morgan fingerprint density at radius 2 is 1.65 bits per heavy atom. The van der Waals surface area contributed by atoms with Gasteiger partial charge in [0.1, 0.15) is 17.5 Å². The third-order valence-corrected chi connectivity index (χ3v) is 4.05. The molecule has 20 heavy (non-hydrogen) atoms. The van der Waals surface area contributed by atoms with E-state index in [1.165, 1.54) is 38.5 Å². The van der Waals surface area contributed by atoms with Gasteiger partial charge in [-0.2, -0.15) is 0 Å². The lowest BCUT2D eigenvalue weighted by Gasteiger charge is -2.23. The Labute approximate surface area is 122 Å². The second-order valence-corrected chi connectivity index (χ2v) is 6.99. The maximum atomic E-state index is 6.06. The highest BCUT2D eigenvalue weighted by molar-refractivity contribution is 5.55. The molecule has 1 aromatic rings. The van der Waals surface area contributed by atoms with Crippen molar-refractivity contribution < 1.29 is 0 Å². The highest BCUT2D eigenvalue weighted by Gasteiger charge is 2.21. The van der Waals surface area contributed by atoms with Crippen LogP contribution in [0.2, 0.25) is 0 Å². The first-order valence-corrected chi connectivity index (χ1v) is 7.79. The van der Waals surface area contributed by atoms with Crippen molar-refractivity contribution in [2.24, 2.45) is 0 Å². The Morgan fingerprint density at radius 1 is 1.05 bits per heavy atom. The second kappa shape index (κ2) is 5.98. The third-order valence-electron chi connectivity index (χ3n) is 4.05. The highest BCUT2D eigenvalue weighted by atomic mass is 15.1. The van der Waals surface area contributed by atoms with E-state index in [0.717, 1.165) is 17.2 Å². The lowest BCUT2D eigenvalue weighted by Crippen LogP contribution is -2.23. The molecule has 0 radical (unpaired) electrons. The van der Waals surface area contributed by atoms with E-state index in [1.54, 1.807) is 0 Å². The Balaban J connectivity index is 2.23. The number of nitrogens with one attached hydrogen (secondary N) is 1. The minimum absolute atomic E-state index is 0.0816. The van der Waals surface area contributed by atoms with Crippen molar-refractivity contribution in [3.8, 4) is 0 Å². The first-order valence-electron chi connectivity index (χ1n) is 7.79. The molecule has 0 bridgehead atoms. The van der Waals surface area contributed by atoms with Crippen molar-refractivity contribution in [3.05, 3.63) is 11.4 Å². The molecule has 1 heterocycles. The maximum Gasteiger partial charge on any atom is 0.138 e. The molecule has 1 aliphatic rings. The molecule has 0 unspecified atom stereocenters. The monoisotopic (exact) mass is 276 g/mol. The Morgan fingerprint density at radius 3 is 2.20 bits per heavy atom. The molecule has 3 N–H and O–H groups in total. The average Bonchev–Trinajstić information content (AvgIpc) is 2.62. The van der Waals surface area contributed by atoms with Crippen LogP contribution in [0, 0.1) is 6.92 Å². The molecule has 0 saturated heterocycles. The van der Waals surface area contributed by atoms with E-state index < -0.39 is 0 Å². The molecule has 1 saturated carbocycles. The van der Waals surface area contributed by atoms with E-state index >= 15 is 0 Å². The Kier molecular flexibility index (Phi) is 4.51. The molecular formula is C16H28N4. The minimum atomic E-state index is -0.0816. The lowest BCUT2D eigenvalue weighted by molar-refractivity contribution is 0.544. The summed E-state index contributed by atoms with van der Waals surface area (Å²) >= 11 is 0.